The van der Waals surface area contributed by atoms with Crippen LogP contribution in [0.5, 0.6) is 0 Å². The van der Waals surface area contributed by atoms with Crippen molar-refractivity contribution in [2.45, 2.75) is 26.2 Å². The molecule has 0 fully saturated rings. The Hall–Kier alpha value is -1.42. The monoisotopic (exact) mass is 222 g/mol. The highest BCUT2D eigenvalue weighted by atomic mass is 16.6. The lowest BCUT2D eigenvalue weighted by atomic mass is 9.84. The van der Waals surface area contributed by atoms with Crippen LogP contribution in [-0.4, -0.2) is 18.0 Å². The van der Waals surface area contributed by atoms with Gasteiger partial charge < -0.3 is 5.32 Å². The number of benzene rings is 1. The number of hydrogen-bond donors (Lipinski definition) is 1. The average molecular weight is 222 g/mol. The van der Waals surface area contributed by atoms with Crippen LogP contribution < -0.4 is 5.32 Å². The maximum absolute atomic E-state index is 10.5. The van der Waals surface area contributed by atoms with Crippen LogP contribution in [-0.2, 0) is 5.41 Å². The van der Waals surface area contributed by atoms with Crippen molar-refractivity contribution in [3.63, 3.8) is 0 Å². The Labute approximate surface area is 95.8 Å². The Morgan fingerprint density at radius 3 is 2.31 bits per heavy atom. The van der Waals surface area contributed by atoms with E-state index in [1.165, 1.54) is 0 Å². The Morgan fingerprint density at radius 2 is 1.88 bits per heavy atom. The second kappa shape index (κ2) is 5.07. The van der Waals surface area contributed by atoms with Crippen LogP contribution in [0.4, 0.5) is 5.69 Å². The van der Waals surface area contributed by atoms with Gasteiger partial charge in [-0.2, -0.15) is 0 Å². The molecule has 0 radical (unpaired) electrons. The minimum Gasteiger partial charge on any atom is -0.316 e. The molecule has 1 aromatic carbocycles. The minimum atomic E-state index is -0.374. The number of nitrogens with zero attached hydrogens (tertiary/aromatic N) is 1. The van der Waals surface area contributed by atoms with Gasteiger partial charge in [-0.1, -0.05) is 32.9 Å². The Balaban J connectivity index is 2.83. The van der Waals surface area contributed by atoms with E-state index < -0.39 is 0 Å². The molecule has 0 aromatic heterocycles. The van der Waals surface area contributed by atoms with Crippen molar-refractivity contribution in [3.05, 3.63) is 39.9 Å². The first-order valence-electron chi connectivity index (χ1n) is 5.43. The van der Waals surface area contributed by atoms with Crippen LogP contribution in [0.1, 0.15) is 26.3 Å². The molecule has 0 amide bonds. The molecule has 4 nitrogen and oxygen atoms in total. The molecule has 0 spiro atoms. The summed E-state index contributed by atoms with van der Waals surface area (Å²) in [7, 11) is 0. The quantitative estimate of drug-likeness (QED) is 0.615. The molecule has 0 saturated heterocycles. The summed E-state index contributed by atoms with van der Waals surface area (Å²) in [5.74, 6) is 0. The van der Waals surface area contributed by atoms with Gasteiger partial charge in [-0.25, -0.2) is 0 Å². The van der Waals surface area contributed by atoms with Crippen molar-refractivity contribution in [1.29, 1.82) is 0 Å². The molecule has 0 saturated carbocycles. The second-order valence-corrected chi connectivity index (χ2v) is 4.47. The zero-order chi connectivity index (χ0) is 12.2. The Bertz CT molecular complexity index is 358. The minimum absolute atomic E-state index is 0.00879. The van der Waals surface area contributed by atoms with Crippen LogP contribution in [0.15, 0.2) is 24.3 Å². The first kappa shape index (κ1) is 12.6. The van der Waals surface area contributed by atoms with Gasteiger partial charge in [-0.15, -0.1) is 0 Å². The van der Waals surface area contributed by atoms with Crippen molar-refractivity contribution in [2.24, 2.45) is 0 Å². The lowest BCUT2D eigenvalue weighted by Crippen LogP contribution is -2.32. The van der Waals surface area contributed by atoms with E-state index in [1.807, 2.05) is 12.1 Å². The summed E-state index contributed by atoms with van der Waals surface area (Å²) in [6.07, 6.45) is 0. The fraction of sp³-hybridized carbons (Fsp3) is 0.500. The summed E-state index contributed by atoms with van der Waals surface area (Å²) in [4.78, 5) is 10.2. The summed E-state index contributed by atoms with van der Waals surface area (Å²) in [6.45, 7) is 8.09. The topological polar surface area (TPSA) is 55.2 Å². The Morgan fingerprint density at radius 1 is 1.31 bits per heavy atom. The zero-order valence-electron chi connectivity index (χ0n) is 9.99. The average Bonchev–Trinajstić information content (AvgIpc) is 2.26. The number of nitro groups is 1. The van der Waals surface area contributed by atoms with Crippen LogP contribution in [0, 0.1) is 10.1 Å². The second-order valence-electron chi connectivity index (χ2n) is 4.47. The van der Waals surface area contributed by atoms with Crippen LogP contribution in [0.25, 0.3) is 0 Å². The fourth-order valence-electron chi connectivity index (χ4n) is 1.57. The normalized spacial score (nSPS) is 11.4. The van der Waals surface area contributed by atoms with Gasteiger partial charge in [-0.3, -0.25) is 10.1 Å². The fourth-order valence-corrected chi connectivity index (χ4v) is 1.57. The molecule has 1 rings (SSSR count). The first-order valence-corrected chi connectivity index (χ1v) is 5.43. The van der Waals surface area contributed by atoms with Gasteiger partial charge in [0.1, 0.15) is 0 Å². The molecule has 4 heteroatoms. The SMILES string of the molecule is CCNCC(C)(C)c1ccc([N+](=O)[O-])cc1. The maximum Gasteiger partial charge on any atom is 0.269 e. The summed E-state index contributed by atoms with van der Waals surface area (Å²) < 4.78 is 0. The molecule has 0 aliphatic carbocycles. The van der Waals surface area contributed by atoms with Crippen LogP contribution >= 0.6 is 0 Å². The molecule has 1 aromatic rings. The van der Waals surface area contributed by atoms with E-state index >= 15 is 0 Å². The molecule has 1 N–H and O–H groups in total. The predicted molar refractivity (Wildman–Crippen MR) is 64.7 cm³/mol. The van der Waals surface area contributed by atoms with Gasteiger partial charge in [0.15, 0.2) is 0 Å². The van der Waals surface area contributed by atoms with Gasteiger partial charge >= 0.3 is 0 Å². The largest absolute Gasteiger partial charge is 0.316 e. The van der Waals surface area contributed by atoms with Crippen molar-refractivity contribution in [1.82, 2.24) is 5.32 Å². The molecule has 0 heterocycles. The molecule has 0 unspecified atom stereocenters. The molecule has 0 bridgehead atoms. The number of nitrogens with one attached hydrogen (secondary N) is 1. The summed E-state index contributed by atoms with van der Waals surface area (Å²) >= 11 is 0. The third-order valence-corrected chi connectivity index (χ3v) is 2.68. The highest BCUT2D eigenvalue weighted by molar-refractivity contribution is 5.36. The van der Waals surface area contributed by atoms with Crippen molar-refractivity contribution < 1.29 is 4.92 Å². The van der Waals surface area contributed by atoms with E-state index in [0.29, 0.717) is 0 Å². The van der Waals surface area contributed by atoms with E-state index in [4.69, 9.17) is 0 Å². The predicted octanol–water partition coefficient (Wildman–Crippen LogP) is 2.48. The summed E-state index contributed by atoms with van der Waals surface area (Å²) in [6, 6.07) is 6.77. The van der Waals surface area contributed by atoms with E-state index in [0.717, 1.165) is 18.7 Å². The number of likely N-dealkylation sites (N-methyl/N-ethyl adjacent to an activating group) is 1. The van der Waals surface area contributed by atoms with Gasteiger partial charge in [0.25, 0.3) is 5.69 Å². The highest BCUT2D eigenvalue weighted by Crippen LogP contribution is 2.24. The summed E-state index contributed by atoms with van der Waals surface area (Å²) in [5.41, 5.74) is 1.24. The molecular weight excluding hydrogens is 204 g/mol. The lowest BCUT2D eigenvalue weighted by Gasteiger charge is -2.25. The van der Waals surface area contributed by atoms with Crippen molar-refractivity contribution >= 4 is 5.69 Å². The molecule has 0 atom stereocenters. The van der Waals surface area contributed by atoms with Crippen molar-refractivity contribution in [3.8, 4) is 0 Å². The Kier molecular flexibility index (Phi) is 4.01. The van der Waals surface area contributed by atoms with E-state index in [1.54, 1.807) is 12.1 Å². The standard InChI is InChI=1S/C12H18N2O2/c1-4-13-9-12(2,3)10-5-7-11(8-6-10)14(15)16/h5-8,13H,4,9H2,1-3H3. The van der Waals surface area contributed by atoms with Gasteiger partial charge in [0.2, 0.25) is 0 Å². The highest BCUT2D eigenvalue weighted by Gasteiger charge is 2.20. The zero-order valence-corrected chi connectivity index (χ0v) is 9.99. The molecule has 88 valence electrons. The number of hydrogen-bond acceptors (Lipinski definition) is 3. The van der Waals surface area contributed by atoms with Gasteiger partial charge in [-0.05, 0) is 12.1 Å². The maximum atomic E-state index is 10.5. The number of non-ortho nitro benzene ring substituents is 1. The van der Waals surface area contributed by atoms with E-state index in [9.17, 15) is 10.1 Å². The number of rotatable bonds is 5. The molecular formula is C12H18N2O2. The number of nitro benzene ring substituents is 1. The third-order valence-electron chi connectivity index (χ3n) is 2.68. The first-order chi connectivity index (χ1) is 7.47. The molecule has 16 heavy (non-hydrogen) atoms. The van der Waals surface area contributed by atoms with E-state index in [2.05, 4.69) is 26.1 Å². The molecule has 0 aliphatic heterocycles. The van der Waals surface area contributed by atoms with Crippen molar-refractivity contribution in [2.75, 3.05) is 13.1 Å². The van der Waals surface area contributed by atoms with Gasteiger partial charge in [0, 0.05) is 24.1 Å². The third kappa shape index (κ3) is 3.03. The van der Waals surface area contributed by atoms with Crippen LogP contribution in [0.3, 0.4) is 0 Å². The smallest absolute Gasteiger partial charge is 0.269 e. The lowest BCUT2D eigenvalue weighted by molar-refractivity contribution is -0.384. The van der Waals surface area contributed by atoms with Gasteiger partial charge in [0.05, 0.1) is 4.92 Å². The van der Waals surface area contributed by atoms with E-state index in [-0.39, 0.29) is 16.0 Å². The molecule has 0 aliphatic rings. The van der Waals surface area contributed by atoms with Crippen LogP contribution in [0.2, 0.25) is 0 Å². The summed E-state index contributed by atoms with van der Waals surface area (Å²) in [5, 5.41) is 13.8.